The molecule has 0 aliphatic rings. The lowest BCUT2D eigenvalue weighted by Crippen LogP contribution is -2.19. The normalized spacial score (nSPS) is 11.8. The average molecular weight is 290 g/mol. The van der Waals surface area contributed by atoms with Crippen LogP contribution in [0.1, 0.15) is 18.5 Å². The van der Waals surface area contributed by atoms with Gasteiger partial charge in [-0.25, -0.2) is 4.79 Å². The first kappa shape index (κ1) is 14.4. The van der Waals surface area contributed by atoms with Crippen molar-refractivity contribution in [3.63, 3.8) is 0 Å². The van der Waals surface area contributed by atoms with Crippen molar-refractivity contribution in [2.45, 2.75) is 13.0 Å². The largest absolute Gasteiger partial charge is 0.324 e. The molecule has 4 nitrogen and oxygen atoms in total. The molecule has 2 rings (SSSR count). The third-order valence-electron chi connectivity index (χ3n) is 2.78. The van der Waals surface area contributed by atoms with E-state index in [2.05, 4.69) is 10.6 Å². The second kappa shape index (κ2) is 6.41. The highest BCUT2D eigenvalue weighted by Crippen LogP contribution is 2.16. The molecule has 0 bridgehead atoms. The predicted octanol–water partition coefficient (Wildman–Crippen LogP) is 4.00. The second-order valence-corrected chi connectivity index (χ2v) is 4.94. The molecule has 0 radical (unpaired) electrons. The first-order valence-electron chi connectivity index (χ1n) is 6.24. The predicted molar refractivity (Wildman–Crippen MR) is 83.1 cm³/mol. The molecule has 4 N–H and O–H groups in total. The molecule has 2 amide bonds. The Morgan fingerprint density at radius 1 is 1.10 bits per heavy atom. The summed E-state index contributed by atoms with van der Waals surface area (Å²) in [6.45, 7) is 1.91. The van der Waals surface area contributed by atoms with Crippen molar-refractivity contribution in [3.8, 4) is 0 Å². The molecule has 0 fully saturated rings. The van der Waals surface area contributed by atoms with Gasteiger partial charge in [0, 0.05) is 22.4 Å². The molecule has 1 unspecified atom stereocenters. The number of hydrogen-bond donors (Lipinski definition) is 3. The second-order valence-electron chi connectivity index (χ2n) is 4.50. The van der Waals surface area contributed by atoms with E-state index in [1.807, 2.05) is 31.2 Å². The van der Waals surface area contributed by atoms with Crippen molar-refractivity contribution in [2.75, 3.05) is 10.6 Å². The van der Waals surface area contributed by atoms with Gasteiger partial charge in [-0.15, -0.1) is 0 Å². The van der Waals surface area contributed by atoms with Gasteiger partial charge in [0.05, 0.1) is 0 Å². The number of urea groups is 1. The monoisotopic (exact) mass is 289 g/mol. The van der Waals surface area contributed by atoms with Gasteiger partial charge in [0.15, 0.2) is 0 Å². The van der Waals surface area contributed by atoms with E-state index in [4.69, 9.17) is 17.3 Å². The number of nitrogens with two attached hydrogens (primary N) is 1. The summed E-state index contributed by atoms with van der Waals surface area (Å²) < 4.78 is 0. The van der Waals surface area contributed by atoms with Crippen LogP contribution in [0.4, 0.5) is 16.2 Å². The summed E-state index contributed by atoms with van der Waals surface area (Å²) in [5.41, 5.74) is 8.13. The summed E-state index contributed by atoms with van der Waals surface area (Å²) in [6.07, 6.45) is 0. The molecule has 2 aromatic carbocycles. The van der Waals surface area contributed by atoms with Crippen molar-refractivity contribution in [1.82, 2.24) is 0 Å². The van der Waals surface area contributed by atoms with Crippen LogP contribution in [0.25, 0.3) is 0 Å². The van der Waals surface area contributed by atoms with Crippen LogP contribution in [0.2, 0.25) is 5.02 Å². The highest BCUT2D eigenvalue weighted by atomic mass is 35.5. The fourth-order valence-electron chi connectivity index (χ4n) is 1.73. The number of carbonyl (C=O) groups is 1. The Labute approximate surface area is 122 Å². The Morgan fingerprint density at radius 2 is 1.75 bits per heavy atom. The molecular weight excluding hydrogens is 274 g/mol. The van der Waals surface area contributed by atoms with Gasteiger partial charge in [0.2, 0.25) is 0 Å². The maximum absolute atomic E-state index is 11.8. The number of amides is 2. The molecule has 0 heterocycles. The van der Waals surface area contributed by atoms with Gasteiger partial charge in [0.25, 0.3) is 0 Å². The fourth-order valence-corrected chi connectivity index (χ4v) is 1.92. The summed E-state index contributed by atoms with van der Waals surface area (Å²) in [5, 5.41) is 6.02. The zero-order chi connectivity index (χ0) is 14.5. The number of benzene rings is 2. The molecule has 0 spiro atoms. The zero-order valence-electron chi connectivity index (χ0n) is 11.1. The standard InChI is InChI=1S/C15H16ClN3O/c1-10(17)11-5-7-13(8-6-11)18-15(20)19-14-4-2-3-12(16)9-14/h2-10H,17H2,1H3,(H2,18,19,20). The molecule has 0 aliphatic heterocycles. The first-order chi connectivity index (χ1) is 9.54. The summed E-state index contributed by atoms with van der Waals surface area (Å²) >= 11 is 5.85. The quantitative estimate of drug-likeness (QED) is 0.799. The van der Waals surface area contributed by atoms with E-state index in [9.17, 15) is 4.79 Å². The number of hydrogen-bond acceptors (Lipinski definition) is 2. The van der Waals surface area contributed by atoms with Crippen LogP contribution in [-0.4, -0.2) is 6.03 Å². The molecule has 0 saturated carbocycles. The van der Waals surface area contributed by atoms with Gasteiger partial charge in [-0.05, 0) is 42.8 Å². The van der Waals surface area contributed by atoms with E-state index < -0.39 is 0 Å². The van der Waals surface area contributed by atoms with Crippen LogP contribution in [0.15, 0.2) is 48.5 Å². The molecule has 0 aliphatic carbocycles. The average Bonchev–Trinajstić information content (AvgIpc) is 2.39. The number of carbonyl (C=O) groups excluding carboxylic acids is 1. The van der Waals surface area contributed by atoms with E-state index in [0.717, 1.165) is 5.56 Å². The third kappa shape index (κ3) is 3.98. The summed E-state index contributed by atoms with van der Waals surface area (Å²) in [5.74, 6) is 0. The van der Waals surface area contributed by atoms with Crippen molar-refractivity contribution in [2.24, 2.45) is 5.73 Å². The Hall–Kier alpha value is -2.04. The number of halogens is 1. The number of rotatable bonds is 3. The van der Waals surface area contributed by atoms with Crippen LogP contribution in [0.3, 0.4) is 0 Å². The minimum atomic E-state index is -0.319. The van der Waals surface area contributed by atoms with E-state index in [-0.39, 0.29) is 12.1 Å². The molecule has 20 heavy (non-hydrogen) atoms. The lowest BCUT2D eigenvalue weighted by Gasteiger charge is -2.09. The topological polar surface area (TPSA) is 67.1 Å². The molecule has 2 aromatic rings. The molecule has 104 valence electrons. The molecule has 0 aromatic heterocycles. The van der Waals surface area contributed by atoms with Gasteiger partial charge in [-0.2, -0.15) is 0 Å². The molecule has 5 heteroatoms. The number of anilines is 2. The minimum absolute atomic E-state index is 0.0238. The smallest absolute Gasteiger partial charge is 0.323 e. The van der Waals surface area contributed by atoms with Crippen LogP contribution < -0.4 is 16.4 Å². The van der Waals surface area contributed by atoms with Crippen LogP contribution >= 0.6 is 11.6 Å². The lowest BCUT2D eigenvalue weighted by atomic mass is 10.1. The Balaban J connectivity index is 1.97. The maximum atomic E-state index is 11.8. The van der Waals surface area contributed by atoms with Gasteiger partial charge >= 0.3 is 6.03 Å². The van der Waals surface area contributed by atoms with E-state index in [0.29, 0.717) is 16.4 Å². The fraction of sp³-hybridized carbons (Fsp3) is 0.133. The van der Waals surface area contributed by atoms with Crippen LogP contribution in [0, 0.1) is 0 Å². The molecule has 1 atom stereocenters. The Kier molecular flexibility index (Phi) is 4.61. The van der Waals surface area contributed by atoms with Gasteiger partial charge in [-0.1, -0.05) is 29.8 Å². The van der Waals surface area contributed by atoms with Gasteiger partial charge in [0.1, 0.15) is 0 Å². The van der Waals surface area contributed by atoms with Gasteiger partial charge < -0.3 is 16.4 Å². The Morgan fingerprint density at radius 3 is 2.35 bits per heavy atom. The molecular formula is C15H16ClN3O. The van der Waals surface area contributed by atoms with Crippen molar-refractivity contribution in [3.05, 3.63) is 59.1 Å². The first-order valence-corrected chi connectivity index (χ1v) is 6.61. The summed E-state index contributed by atoms with van der Waals surface area (Å²) in [7, 11) is 0. The van der Waals surface area contributed by atoms with Crippen LogP contribution in [0.5, 0.6) is 0 Å². The van der Waals surface area contributed by atoms with Crippen molar-refractivity contribution in [1.29, 1.82) is 0 Å². The van der Waals surface area contributed by atoms with E-state index in [1.165, 1.54) is 0 Å². The zero-order valence-corrected chi connectivity index (χ0v) is 11.8. The highest BCUT2D eigenvalue weighted by Gasteiger charge is 2.04. The molecule has 0 saturated heterocycles. The summed E-state index contributed by atoms with van der Waals surface area (Å²) in [4.78, 5) is 11.8. The van der Waals surface area contributed by atoms with Crippen molar-refractivity contribution < 1.29 is 4.79 Å². The minimum Gasteiger partial charge on any atom is -0.324 e. The van der Waals surface area contributed by atoms with Crippen LogP contribution in [-0.2, 0) is 0 Å². The van der Waals surface area contributed by atoms with E-state index in [1.54, 1.807) is 24.3 Å². The van der Waals surface area contributed by atoms with Crippen molar-refractivity contribution >= 4 is 29.0 Å². The lowest BCUT2D eigenvalue weighted by molar-refractivity contribution is 0.262. The van der Waals surface area contributed by atoms with E-state index >= 15 is 0 Å². The van der Waals surface area contributed by atoms with Gasteiger partial charge in [-0.3, -0.25) is 0 Å². The summed E-state index contributed by atoms with van der Waals surface area (Å²) in [6, 6.07) is 14.0. The maximum Gasteiger partial charge on any atom is 0.323 e. The highest BCUT2D eigenvalue weighted by molar-refractivity contribution is 6.30. The number of nitrogens with one attached hydrogen (secondary N) is 2. The Bertz CT molecular complexity index is 596. The SMILES string of the molecule is CC(N)c1ccc(NC(=O)Nc2cccc(Cl)c2)cc1. The third-order valence-corrected chi connectivity index (χ3v) is 3.01.